The summed E-state index contributed by atoms with van der Waals surface area (Å²) in [6.07, 6.45) is 1.44. The van der Waals surface area contributed by atoms with Crippen LogP contribution in [-0.4, -0.2) is 18.3 Å². The molecule has 0 aliphatic carbocycles. The zero-order chi connectivity index (χ0) is 15.8. The Balaban J connectivity index is 2.47. The highest BCUT2D eigenvalue weighted by Crippen LogP contribution is 2.31. The number of nitro benzene ring substituents is 1. The van der Waals surface area contributed by atoms with Crippen molar-refractivity contribution in [3.8, 4) is 0 Å². The summed E-state index contributed by atoms with van der Waals surface area (Å²) in [5.41, 5.74) is -0.152. The number of hydrogen-bond donors (Lipinski definition) is 1. The van der Waals surface area contributed by atoms with Gasteiger partial charge in [-0.1, -0.05) is 22.9 Å². The van der Waals surface area contributed by atoms with Crippen LogP contribution in [0.1, 0.15) is 5.56 Å². The van der Waals surface area contributed by atoms with Gasteiger partial charge in [0.15, 0.2) is 5.13 Å². The Hall–Kier alpha value is -1.23. The quantitative estimate of drug-likeness (QED) is 0.611. The fourth-order valence-electron chi connectivity index (χ4n) is 1.46. The number of nitro groups is 1. The van der Waals surface area contributed by atoms with E-state index in [0.717, 1.165) is 23.5 Å². The molecule has 0 spiro atoms. The minimum Gasteiger partial charge on any atom is -0.258 e. The first-order valence-corrected chi connectivity index (χ1v) is 8.76. The fraction of sp³-hybridized carbons (Fsp3) is 0.100. The molecule has 0 radical (unpaired) electrons. The van der Waals surface area contributed by atoms with E-state index >= 15 is 0 Å². The van der Waals surface area contributed by atoms with Gasteiger partial charge in [0, 0.05) is 11.6 Å². The minimum atomic E-state index is -4.01. The standard InChI is InChI=1S/C10H7BrClN3O4S2/c1-5-7(12)2-6(3-8(5)15(16)17)21(18,19)14-10-13-4-9(11)20-10/h2-4H,1H3,(H,13,14). The van der Waals surface area contributed by atoms with Crippen LogP contribution in [-0.2, 0) is 10.0 Å². The van der Waals surface area contributed by atoms with Gasteiger partial charge < -0.3 is 0 Å². The van der Waals surface area contributed by atoms with Crippen LogP contribution in [0.4, 0.5) is 10.8 Å². The van der Waals surface area contributed by atoms with Crippen LogP contribution in [0.25, 0.3) is 0 Å². The third-order valence-electron chi connectivity index (χ3n) is 2.50. The molecule has 2 aromatic rings. The maximum absolute atomic E-state index is 12.2. The second-order valence-electron chi connectivity index (χ2n) is 3.88. The van der Waals surface area contributed by atoms with Crippen molar-refractivity contribution in [2.45, 2.75) is 11.8 Å². The number of nitrogens with one attached hydrogen (secondary N) is 1. The van der Waals surface area contributed by atoms with Crippen molar-refractivity contribution in [3.63, 3.8) is 0 Å². The number of halogens is 2. The van der Waals surface area contributed by atoms with Crippen molar-refractivity contribution in [1.29, 1.82) is 0 Å². The molecule has 0 aliphatic heterocycles. The molecule has 1 aromatic heterocycles. The number of rotatable bonds is 4. The lowest BCUT2D eigenvalue weighted by Crippen LogP contribution is -2.13. The number of nitrogens with zero attached hydrogens (tertiary/aromatic N) is 2. The second kappa shape index (κ2) is 5.87. The van der Waals surface area contributed by atoms with Gasteiger partial charge in [-0.3, -0.25) is 14.8 Å². The molecule has 1 N–H and O–H groups in total. The van der Waals surface area contributed by atoms with Crippen molar-refractivity contribution in [3.05, 3.63) is 42.8 Å². The minimum absolute atomic E-state index is 0.00453. The normalized spacial score (nSPS) is 11.4. The van der Waals surface area contributed by atoms with Gasteiger partial charge in [0.25, 0.3) is 15.7 Å². The Bertz CT molecular complexity index is 822. The summed E-state index contributed by atoms with van der Waals surface area (Å²) in [5, 5.41) is 11.1. The Labute approximate surface area is 137 Å². The number of anilines is 1. The smallest absolute Gasteiger partial charge is 0.258 e. The van der Waals surface area contributed by atoms with Gasteiger partial charge in [-0.2, -0.15) is 0 Å². The van der Waals surface area contributed by atoms with E-state index in [9.17, 15) is 18.5 Å². The van der Waals surface area contributed by atoms with Crippen LogP contribution >= 0.6 is 38.9 Å². The first-order chi connectivity index (χ1) is 9.70. The van der Waals surface area contributed by atoms with Gasteiger partial charge in [0.05, 0.1) is 24.8 Å². The van der Waals surface area contributed by atoms with E-state index in [4.69, 9.17) is 11.6 Å². The molecule has 0 atom stereocenters. The van der Waals surface area contributed by atoms with Gasteiger partial charge in [0.2, 0.25) is 0 Å². The number of hydrogen-bond acceptors (Lipinski definition) is 6. The van der Waals surface area contributed by atoms with Crippen LogP contribution in [0.5, 0.6) is 0 Å². The number of aromatic nitrogens is 1. The van der Waals surface area contributed by atoms with E-state index in [1.54, 1.807) is 0 Å². The lowest BCUT2D eigenvalue weighted by molar-refractivity contribution is -0.385. The summed E-state index contributed by atoms with van der Waals surface area (Å²) in [5.74, 6) is 0. The Kier molecular flexibility index (Phi) is 4.51. The Morgan fingerprint density at radius 3 is 2.67 bits per heavy atom. The molecule has 0 aliphatic rings. The molecule has 0 bridgehead atoms. The predicted octanol–water partition coefficient (Wildman–Crippen LogP) is 3.58. The molecule has 7 nitrogen and oxygen atoms in total. The molecule has 0 amide bonds. The summed E-state index contributed by atoms with van der Waals surface area (Å²) in [4.78, 5) is 13.8. The largest absolute Gasteiger partial charge is 0.275 e. The molecule has 2 rings (SSSR count). The van der Waals surface area contributed by atoms with E-state index in [2.05, 4.69) is 25.6 Å². The third-order valence-corrected chi connectivity index (χ3v) is 5.73. The van der Waals surface area contributed by atoms with Crippen LogP contribution < -0.4 is 4.72 Å². The Morgan fingerprint density at radius 1 is 1.48 bits per heavy atom. The van der Waals surface area contributed by atoms with Crippen LogP contribution in [0.2, 0.25) is 5.02 Å². The van der Waals surface area contributed by atoms with Crippen molar-refractivity contribution >= 4 is 59.7 Å². The first-order valence-electron chi connectivity index (χ1n) is 5.29. The van der Waals surface area contributed by atoms with E-state index in [1.807, 2.05) is 0 Å². The predicted molar refractivity (Wildman–Crippen MR) is 83.5 cm³/mol. The highest BCUT2D eigenvalue weighted by Gasteiger charge is 2.23. The van der Waals surface area contributed by atoms with Crippen LogP contribution in [0.3, 0.4) is 0 Å². The highest BCUT2D eigenvalue weighted by atomic mass is 79.9. The maximum Gasteiger partial charge on any atom is 0.275 e. The molecule has 0 saturated heterocycles. The van der Waals surface area contributed by atoms with Crippen molar-refractivity contribution < 1.29 is 13.3 Å². The molecule has 0 saturated carbocycles. The zero-order valence-electron chi connectivity index (χ0n) is 10.3. The van der Waals surface area contributed by atoms with Crippen molar-refractivity contribution in [2.75, 3.05) is 4.72 Å². The molecule has 21 heavy (non-hydrogen) atoms. The molecule has 0 unspecified atom stereocenters. The molecular formula is C10H7BrClN3O4S2. The van der Waals surface area contributed by atoms with E-state index < -0.39 is 14.9 Å². The lowest BCUT2D eigenvalue weighted by atomic mass is 10.2. The summed E-state index contributed by atoms with van der Waals surface area (Å²) >= 11 is 10.1. The summed E-state index contributed by atoms with van der Waals surface area (Å²) in [6, 6.07) is 2.13. The van der Waals surface area contributed by atoms with Gasteiger partial charge in [0.1, 0.15) is 0 Å². The summed E-state index contributed by atoms with van der Waals surface area (Å²) < 4.78 is 27.3. The third kappa shape index (κ3) is 3.51. The van der Waals surface area contributed by atoms with Gasteiger partial charge in [-0.05, 0) is 28.9 Å². The van der Waals surface area contributed by atoms with Gasteiger partial charge in [-0.15, -0.1) is 0 Å². The molecule has 11 heteroatoms. The van der Waals surface area contributed by atoms with E-state index in [0.29, 0.717) is 3.79 Å². The number of thiazole rings is 1. The van der Waals surface area contributed by atoms with Crippen molar-refractivity contribution in [2.24, 2.45) is 0 Å². The monoisotopic (exact) mass is 411 g/mol. The number of benzene rings is 1. The average Bonchev–Trinajstić information content (AvgIpc) is 2.76. The van der Waals surface area contributed by atoms with Crippen molar-refractivity contribution in [1.82, 2.24) is 4.98 Å². The maximum atomic E-state index is 12.2. The molecule has 112 valence electrons. The van der Waals surface area contributed by atoms with Gasteiger partial charge in [-0.25, -0.2) is 13.4 Å². The fourth-order valence-corrected chi connectivity index (χ4v) is 4.13. The highest BCUT2D eigenvalue weighted by molar-refractivity contribution is 9.11. The molecular weight excluding hydrogens is 406 g/mol. The van der Waals surface area contributed by atoms with Gasteiger partial charge >= 0.3 is 0 Å². The van der Waals surface area contributed by atoms with E-state index in [-0.39, 0.29) is 26.3 Å². The number of sulfonamides is 1. The molecule has 1 aromatic carbocycles. The zero-order valence-corrected chi connectivity index (χ0v) is 14.3. The first kappa shape index (κ1) is 16.1. The molecule has 0 fully saturated rings. The average molecular weight is 413 g/mol. The second-order valence-corrected chi connectivity index (χ2v) is 8.38. The topological polar surface area (TPSA) is 102 Å². The van der Waals surface area contributed by atoms with Crippen LogP contribution in [0, 0.1) is 17.0 Å². The lowest BCUT2D eigenvalue weighted by Gasteiger charge is -2.07. The summed E-state index contributed by atoms with van der Waals surface area (Å²) in [7, 11) is -4.01. The molecule has 1 heterocycles. The summed E-state index contributed by atoms with van der Waals surface area (Å²) in [6.45, 7) is 1.45. The van der Waals surface area contributed by atoms with E-state index in [1.165, 1.54) is 13.1 Å². The Morgan fingerprint density at radius 2 is 2.14 bits per heavy atom. The van der Waals surface area contributed by atoms with Crippen LogP contribution in [0.15, 0.2) is 27.0 Å². The SMILES string of the molecule is Cc1c(Cl)cc(S(=O)(=O)Nc2ncc(Br)s2)cc1[N+](=O)[O-].